The zero-order chi connectivity index (χ0) is 21.0. The first-order chi connectivity index (χ1) is 13.9. The Bertz CT molecular complexity index is 941. The number of hydrogen-bond acceptors (Lipinski definition) is 4. The van der Waals surface area contributed by atoms with Gasteiger partial charge in [-0.15, -0.1) is 0 Å². The molecule has 7 nitrogen and oxygen atoms in total. The summed E-state index contributed by atoms with van der Waals surface area (Å²) < 4.78 is 5.30. The van der Waals surface area contributed by atoms with Crippen molar-refractivity contribution in [3.8, 4) is 5.75 Å². The van der Waals surface area contributed by atoms with Crippen LogP contribution >= 0.6 is 0 Å². The van der Waals surface area contributed by atoms with Gasteiger partial charge in [-0.3, -0.25) is 9.59 Å². The summed E-state index contributed by atoms with van der Waals surface area (Å²) in [5.41, 5.74) is 2.08. The predicted octanol–water partition coefficient (Wildman–Crippen LogP) is 2.87. The second-order valence-corrected chi connectivity index (χ2v) is 7.08. The van der Waals surface area contributed by atoms with Crippen molar-refractivity contribution in [1.82, 2.24) is 4.90 Å². The summed E-state index contributed by atoms with van der Waals surface area (Å²) in [6.45, 7) is 2.39. The zero-order valence-corrected chi connectivity index (χ0v) is 16.5. The predicted molar refractivity (Wildman–Crippen MR) is 108 cm³/mol. The molecule has 1 aliphatic rings. The van der Waals surface area contributed by atoms with E-state index in [2.05, 4.69) is 5.32 Å². The number of nitrogens with zero attached hydrogens (tertiary/aromatic N) is 1. The molecule has 1 unspecified atom stereocenters. The third-order valence-electron chi connectivity index (χ3n) is 5.08. The Morgan fingerprint density at radius 3 is 2.69 bits per heavy atom. The molecule has 152 valence electrons. The fourth-order valence-corrected chi connectivity index (χ4v) is 3.62. The molecule has 2 amide bonds. The maximum absolute atomic E-state index is 12.9. The molecular formula is C22H24N2O5. The average molecular weight is 396 g/mol. The highest BCUT2D eigenvalue weighted by Crippen LogP contribution is 2.27. The molecule has 0 radical (unpaired) electrons. The minimum Gasteiger partial charge on any atom is -0.495 e. The molecule has 0 aliphatic carbocycles. The summed E-state index contributed by atoms with van der Waals surface area (Å²) in [5.74, 6) is -1.05. The van der Waals surface area contributed by atoms with Gasteiger partial charge in [0.05, 0.1) is 24.8 Å². The summed E-state index contributed by atoms with van der Waals surface area (Å²) in [7, 11) is 1.53. The van der Waals surface area contributed by atoms with Crippen LogP contribution in [0.4, 0.5) is 5.69 Å². The second kappa shape index (κ2) is 8.77. The van der Waals surface area contributed by atoms with Gasteiger partial charge < -0.3 is 20.1 Å². The molecule has 3 rings (SSSR count). The number of aryl methyl sites for hydroxylation is 1. The van der Waals surface area contributed by atoms with Gasteiger partial charge in [-0.1, -0.05) is 24.3 Å². The van der Waals surface area contributed by atoms with Gasteiger partial charge in [0.2, 0.25) is 11.8 Å². The highest BCUT2D eigenvalue weighted by atomic mass is 16.5. The second-order valence-electron chi connectivity index (χ2n) is 7.08. The van der Waals surface area contributed by atoms with Crippen molar-refractivity contribution in [2.75, 3.05) is 19.0 Å². The van der Waals surface area contributed by atoms with Crippen molar-refractivity contribution in [3.63, 3.8) is 0 Å². The Morgan fingerprint density at radius 1 is 1.21 bits per heavy atom. The number of anilines is 1. The van der Waals surface area contributed by atoms with Gasteiger partial charge in [0.15, 0.2) is 0 Å². The fraction of sp³-hybridized carbons (Fsp3) is 0.318. The van der Waals surface area contributed by atoms with Crippen LogP contribution in [0.2, 0.25) is 0 Å². The molecule has 0 aromatic heterocycles. The lowest BCUT2D eigenvalue weighted by Gasteiger charge is -2.24. The molecule has 2 aromatic carbocycles. The number of nitrogens with one attached hydrogen (secondary N) is 1. The highest BCUT2D eigenvalue weighted by molar-refractivity contribution is 5.99. The maximum atomic E-state index is 12.9. The Kier molecular flexibility index (Phi) is 6.16. The SMILES string of the molecule is COc1ccc(C)cc1NC(=O)C1CCCN1C(=O)Cc1ccccc1C(=O)O. The van der Waals surface area contributed by atoms with Crippen LogP contribution in [-0.2, 0) is 16.0 Å². The average Bonchev–Trinajstić information content (AvgIpc) is 3.18. The first-order valence-corrected chi connectivity index (χ1v) is 9.47. The van der Waals surface area contributed by atoms with E-state index < -0.39 is 12.0 Å². The largest absolute Gasteiger partial charge is 0.495 e. The maximum Gasteiger partial charge on any atom is 0.335 e. The van der Waals surface area contributed by atoms with Crippen LogP contribution in [-0.4, -0.2) is 47.5 Å². The number of rotatable bonds is 6. The zero-order valence-electron chi connectivity index (χ0n) is 16.5. The number of ether oxygens (including phenoxy) is 1. The molecule has 0 saturated carbocycles. The molecule has 0 spiro atoms. The number of carboxylic acids is 1. The molecule has 1 aliphatic heterocycles. The molecule has 1 saturated heterocycles. The van der Waals surface area contributed by atoms with E-state index >= 15 is 0 Å². The molecule has 7 heteroatoms. The van der Waals surface area contributed by atoms with E-state index in [1.165, 1.54) is 18.1 Å². The van der Waals surface area contributed by atoms with E-state index in [0.717, 1.165) is 12.0 Å². The van der Waals surface area contributed by atoms with Crippen LogP contribution in [0.15, 0.2) is 42.5 Å². The number of amides is 2. The number of carboxylic acid groups (broad SMARTS) is 1. The molecule has 1 atom stereocenters. The smallest absolute Gasteiger partial charge is 0.335 e. The Balaban J connectivity index is 1.74. The number of carbonyl (C=O) groups is 3. The molecular weight excluding hydrogens is 372 g/mol. The number of likely N-dealkylation sites (tertiary alicyclic amines) is 1. The number of hydrogen-bond donors (Lipinski definition) is 2. The number of aromatic carboxylic acids is 1. The molecule has 1 fully saturated rings. The normalized spacial score (nSPS) is 15.8. The first-order valence-electron chi connectivity index (χ1n) is 9.47. The summed E-state index contributed by atoms with van der Waals surface area (Å²) in [4.78, 5) is 38.7. The lowest BCUT2D eigenvalue weighted by Crippen LogP contribution is -2.44. The van der Waals surface area contributed by atoms with Crippen LogP contribution in [0.5, 0.6) is 5.75 Å². The minimum absolute atomic E-state index is 0.0555. The Morgan fingerprint density at radius 2 is 1.97 bits per heavy atom. The monoisotopic (exact) mass is 396 g/mol. The van der Waals surface area contributed by atoms with Gasteiger partial charge in [-0.25, -0.2) is 4.79 Å². The van der Waals surface area contributed by atoms with Crippen molar-refractivity contribution < 1.29 is 24.2 Å². The first kappa shape index (κ1) is 20.4. The van der Waals surface area contributed by atoms with Gasteiger partial charge in [-0.05, 0) is 49.1 Å². The van der Waals surface area contributed by atoms with E-state index in [4.69, 9.17) is 4.74 Å². The van der Waals surface area contributed by atoms with Crippen LogP contribution in [0, 0.1) is 6.92 Å². The van der Waals surface area contributed by atoms with Crippen LogP contribution in [0.3, 0.4) is 0 Å². The van der Waals surface area contributed by atoms with Gasteiger partial charge >= 0.3 is 5.97 Å². The van der Waals surface area contributed by atoms with Crippen molar-refractivity contribution in [2.45, 2.75) is 32.2 Å². The van der Waals surface area contributed by atoms with E-state index in [1.54, 1.807) is 24.3 Å². The van der Waals surface area contributed by atoms with Crippen molar-refractivity contribution in [3.05, 3.63) is 59.2 Å². The number of benzene rings is 2. The van der Waals surface area contributed by atoms with Crippen molar-refractivity contribution >= 4 is 23.5 Å². The summed E-state index contributed by atoms with van der Waals surface area (Å²) in [6, 6.07) is 11.3. The van der Waals surface area contributed by atoms with Gasteiger partial charge in [-0.2, -0.15) is 0 Å². The Labute approximate surface area is 169 Å². The van der Waals surface area contributed by atoms with Crippen molar-refractivity contribution in [1.29, 1.82) is 0 Å². The van der Waals surface area contributed by atoms with E-state index in [1.807, 2.05) is 19.1 Å². The van der Waals surface area contributed by atoms with Gasteiger partial charge in [0, 0.05) is 6.54 Å². The highest BCUT2D eigenvalue weighted by Gasteiger charge is 2.34. The molecule has 0 bridgehead atoms. The van der Waals surface area contributed by atoms with Crippen LogP contribution < -0.4 is 10.1 Å². The quantitative estimate of drug-likeness (QED) is 0.783. The summed E-state index contributed by atoms with van der Waals surface area (Å²) in [5, 5.41) is 12.2. The molecule has 2 aromatic rings. The third kappa shape index (κ3) is 4.56. The van der Waals surface area contributed by atoms with Gasteiger partial charge in [0.25, 0.3) is 0 Å². The van der Waals surface area contributed by atoms with Crippen LogP contribution in [0.1, 0.15) is 34.3 Å². The molecule has 2 N–H and O–H groups in total. The third-order valence-corrected chi connectivity index (χ3v) is 5.08. The number of carbonyl (C=O) groups excluding carboxylic acids is 2. The molecule has 1 heterocycles. The van der Waals surface area contributed by atoms with Gasteiger partial charge in [0.1, 0.15) is 11.8 Å². The van der Waals surface area contributed by atoms with Crippen LogP contribution in [0.25, 0.3) is 0 Å². The lowest BCUT2D eigenvalue weighted by molar-refractivity contribution is -0.136. The van der Waals surface area contributed by atoms with E-state index in [9.17, 15) is 19.5 Å². The summed E-state index contributed by atoms with van der Waals surface area (Å²) >= 11 is 0. The summed E-state index contributed by atoms with van der Waals surface area (Å²) in [6.07, 6.45) is 1.22. The fourth-order valence-electron chi connectivity index (χ4n) is 3.62. The Hall–Kier alpha value is -3.35. The minimum atomic E-state index is -1.07. The van der Waals surface area contributed by atoms with E-state index in [-0.39, 0.29) is 23.8 Å². The lowest BCUT2D eigenvalue weighted by atomic mass is 10.0. The van der Waals surface area contributed by atoms with E-state index in [0.29, 0.717) is 30.0 Å². The molecule has 29 heavy (non-hydrogen) atoms. The standard InChI is InChI=1S/C22H24N2O5/c1-14-9-10-19(29-2)17(12-14)23-21(26)18-8-5-11-24(18)20(25)13-15-6-3-4-7-16(15)22(27)28/h3-4,6-7,9-10,12,18H,5,8,11,13H2,1-2H3,(H,23,26)(H,27,28). The topological polar surface area (TPSA) is 95.9 Å². The van der Waals surface area contributed by atoms with Crippen molar-refractivity contribution in [2.24, 2.45) is 0 Å². The number of methoxy groups -OCH3 is 1.